The second-order valence-corrected chi connectivity index (χ2v) is 9.28. The van der Waals surface area contributed by atoms with Gasteiger partial charge in [-0.15, -0.1) is 10.2 Å². The third-order valence-electron chi connectivity index (χ3n) is 5.64. The molecule has 1 aliphatic carbocycles. The molecule has 34 heavy (non-hydrogen) atoms. The zero-order chi connectivity index (χ0) is 23.7. The first-order valence-electron chi connectivity index (χ1n) is 10.7. The van der Waals surface area contributed by atoms with Gasteiger partial charge in [-0.05, 0) is 36.6 Å². The summed E-state index contributed by atoms with van der Waals surface area (Å²) < 4.78 is 10.9. The van der Waals surface area contributed by atoms with Gasteiger partial charge in [0.15, 0.2) is 0 Å². The van der Waals surface area contributed by atoms with E-state index in [1.54, 1.807) is 23.1 Å². The second-order valence-electron chi connectivity index (χ2n) is 7.92. The molecule has 1 aliphatic heterocycles. The van der Waals surface area contributed by atoms with Gasteiger partial charge in [0.2, 0.25) is 5.89 Å². The third kappa shape index (κ3) is 4.53. The van der Waals surface area contributed by atoms with Gasteiger partial charge in [-0.1, -0.05) is 59.8 Å². The molecule has 2 amide bonds. The predicted molar refractivity (Wildman–Crippen MR) is 127 cm³/mol. The van der Waals surface area contributed by atoms with Crippen LogP contribution in [0.4, 0.5) is 4.79 Å². The number of rotatable bonds is 7. The van der Waals surface area contributed by atoms with Crippen LogP contribution in [0.25, 0.3) is 11.5 Å². The predicted octanol–water partition coefficient (Wildman–Crippen LogP) is 4.84. The van der Waals surface area contributed by atoms with Crippen LogP contribution in [0, 0.1) is 0 Å². The van der Waals surface area contributed by atoms with Gasteiger partial charge < -0.3 is 14.5 Å². The van der Waals surface area contributed by atoms with Crippen molar-refractivity contribution in [3.05, 3.63) is 76.5 Å². The van der Waals surface area contributed by atoms with E-state index in [-0.39, 0.29) is 17.8 Å². The highest BCUT2D eigenvalue weighted by Crippen LogP contribution is 2.40. The van der Waals surface area contributed by atoms with Crippen molar-refractivity contribution < 1.29 is 18.7 Å². The van der Waals surface area contributed by atoms with E-state index in [1.807, 2.05) is 36.4 Å². The van der Waals surface area contributed by atoms with Gasteiger partial charge >= 0.3 is 12.0 Å². The van der Waals surface area contributed by atoms with Crippen molar-refractivity contribution in [3.8, 4) is 11.5 Å². The summed E-state index contributed by atoms with van der Waals surface area (Å²) in [7, 11) is 1.34. The van der Waals surface area contributed by atoms with E-state index in [4.69, 9.17) is 20.8 Å². The van der Waals surface area contributed by atoms with Crippen molar-refractivity contribution in [2.75, 3.05) is 12.9 Å². The number of hydrogen-bond acceptors (Lipinski definition) is 7. The van der Waals surface area contributed by atoms with Crippen LogP contribution in [0.5, 0.6) is 0 Å². The summed E-state index contributed by atoms with van der Waals surface area (Å²) in [6.45, 7) is 0. The quantitative estimate of drug-likeness (QED) is 0.369. The molecule has 2 heterocycles. The van der Waals surface area contributed by atoms with E-state index >= 15 is 0 Å². The standard InChI is InChI=1S/C24H21ClN4O4S/c1-32-22(30)19-18(13-34-24-28-27-21(33-24)15-8-5-9-16(25)12-15)29(17-10-11-17)23(31)26-20(19)14-6-3-2-4-7-14/h2-9,12,17,20H,10-11,13H2,1H3,(H,26,31). The molecule has 1 aromatic heterocycles. The number of carbonyl (C=O) groups is 2. The number of carbonyl (C=O) groups excluding carboxylic acids is 2. The maximum atomic E-state index is 13.1. The zero-order valence-corrected chi connectivity index (χ0v) is 19.8. The SMILES string of the molecule is COC(=O)C1=C(CSc2nnc(-c3cccc(Cl)c3)o2)N(C2CC2)C(=O)NC1c1ccccc1. The van der Waals surface area contributed by atoms with Crippen LogP contribution in [-0.2, 0) is 9.53 Å². The molecule has 10 heteroatoms. The molecule has 3 aromatic rings. The largest absolute Gasteiger partial charge is 0.466 e. The van der Waals surface area contributed by atoms with Crippen LogP contribution >= 0.6 is 23.4 Å². The number of thioether (sulfide) groups is 1. The Bertz CT molecular complexity index is 1260. The molecule has 8 nitrogen and oxygen atoms in total. The van der Waals surface area contributed by atoms with Gasteiger partial charge in [0, 0.05) is 28.1 Å². The van der Waals surface area contributed by atoms with Gasteiger partial charge in [-0.3, -0.25) is 4.90 Å². The molecule has 0 saturated heterocycles. The Labute approximate surface area is 205 Å². The average molecular weight is 497 g/mol. The summed E-state index contributed by atoms with van der Waals surface area (Å²) in [5.41, 5.74) is 2.51. The van der Waals surface area contributed by atoms with E-state index in [9.17, 15) is 9.59 Å². The molecule has 5 rings (SSSR count). The molecule has 2 aromatic carbocycles. The van der Waals surface area contributed by atoms with Crippen LogP contribution < -0.4 is 5.32 Å². The minimum atomic E-state index is -0.614. The normalized spacial score (nSPS) is 18.1. The van der Waals surface area contributed by atoms with Crippen LogP contribution in [0.2, 0.25) is 5.02 Å². The summed E-state index contributed by atoms with van der Waals surface area (Å²) in [4.78, 5) is 27.7. The summed E-state index contributed by atoms with van der Waals surface area (Å²) in [5.74, 6) is 0.143. The zero-order valence-electron chi connectivity index (χ0n) is 18.2. The van der Waals surface area contributed by atoms with Crippen molar-refractivity contribution in [1.29, 1.82) is 0 Å². The Morgan fingerprint density at radius 2 is 2.00 bits per heavy atom. The lowest BCUT2D eigenvalue weighted by Crippen LogP contribution is -2.50. The molecule has 1 atom stereocenters. The van der Waals surface area contributed by atoms with Crippen molar-refractivity contribution in [2.45, 2.75) is 30.1 Å². The fourth-order valence-electron chi connectivity index (χ4n) is 3.93. The molecule has 174 valence electrons. The van der Waals surface area contributed by atoms with Crippen LogP contribution in [-0.4, -0.2) is 46.0 Å². The molecule has 1 unspecified atom stereocenters. The van der Waals surface area contributed by atoms with Gasteiger partial charge in [0.05, 0.1) is 18.7 Å². The number of nitrogens with zero attached hydrogens (tertiary/aromatic N) is 3. The Balaban J connectivity index is 1.48. The number of amides is 2. The first kappa shape index (κ1) is 22.5. The van der Waals surface area contributed by atoms with Gasteiger partial charge in [0.25, 0.3) is 5.22 Å². The lowest BCUT2D eigenvalue weighted by atomic mass is 9.95. The number of methoxy groups -OCH3 is 1. The minimum Gasteiger partial charge on any atom is -0.466 e. The fraction of sp³-hybridized carbons (Fsp3) is 0.250. The number of aromatic nitrogens is 2. The van der Waals surface area contributed by atoms with Gasteiger partial charge in [0.1, 0.15) is 0 Å². The highest BCUT2D eigenvalue weighted by atomic mass is 35.5. The smallest absolute Gasteiger partial charge is 0.338 e. The van der Waals surface area contributed by atoms with E-state index < -0.39 is 12.0 Å². The van der Waals surface area contributed by atoms with Crippen molar-refractivity contribution in [2.24, 2.45) is 0 Å². The lowest BCUT2D eigenvalue weighted by molar-refractivity contribution is -0.136. The van der Waals surface area contributed by atoms with E-state index in [2.05, 4.69) is 15.5 Å². The minimum absolute atomic E-state index is 0.0525. The molecule has 1 fully saturated rings. The number of halogens is 1. The molecular formula is C24H21ClN4O4S. The maximum absolute atomic E-state index is 13.1. The Kier molecular flexibility index (Phi) is 6.30. The number of nitrogens with one attached hydrogen (secondary N) is 1. The van der Waals surface area contributed by atoms with E-state index in [0.717, 1.165) is 18.4 Å². The Morgan fingerprint density at radius 1 is 1.21 bits per heavy atom. The molecule has 1 saturated carbocycles. The Morgan fingerprint density at radius 3 is 2.71 bits per heavy atom. The van der Waals surface area contributed by atoms with Crippen LogP contribution in [0.3, 0.4) is 0 Å². The van der Waals surface area contributed by atoms with Crippen molar-refractivity contribution >= 4 is 35.4 Å². The summed E-state index contributed by atoms with van der Waals surface area (Å²) in [6, 6.07) is 15.7. The summed E-state index contributed by atoms with van der Waals surface area (Å²) in [6.07, 6.45) is 1.76. The third-order valence-corrected chi connectivity index (χ3v) is 6.70. The number of benzene rings is 2. The maximum Gasteiger partial charge on any atom is 0.338 e. The monoisotopic (exact) mass is 496 g/mol. The van der Waals surface area contributed by atoms with Crippen molar-refractivity contribution in [3.63, 3.8) is 0 Å². The Hall–Kier alpha value is -3.30. The van der Waals surface area contributed by atoms with Crippen LogP contribution in [0.15, 0.2) is 75.5 Å². The van der Waals surface area contributed by atoms with Crippen LogP contribution in [0.1, 0.15) is 24.4 Å². The first-order chi connectivity index (χ1) is 16.5. The van der Waals surface area contributed by atoms with Gasteiger partial charge in [-0.2, -0.15) is 0 Å². The number of hydrogen-bond donors (Lipinski definition) is 1. The lowest BCUT2D eigenvalue weighted by Gasteiger charge is -2.36. The highest BCUT2D eigenvalue weighted by molar-refractivity contribution is 7.99. The number of ether oxygens (including phenoxy) is 1. The first-order valence-corrected chi connectivity index (χ1v) is 12.1. The molecule has 0 bridgehead atoms. The molecule has 2 aliphatic rings. The van der Waals surface area contributed by atoms with Gasteiger partial charge in [-0.25, -0.2) is 9.59 Å². The summed E-state index contributed by atoms with van der Waals surface area (Å²) >= 11 is 7.33. The average Bonchev–Trinajstić information content (AvgIpc) is 3.58. The summed E-state index contributed by atoms with van der Waals surface area (Å²) in [5, 5.41) is 12.1. The molecule has 0 spiro atoms. The van der Waals surface area contributed by atoms with E-state index in [0.29, 0.717) is 33.0 Å². The molecule has 1 N–H and O–H groups in total. The topological polar surface area (TPSA) is 97.6 Å². The fourth-order valence-corrected chi connectivity index (χ4v) is 4.91. The van der Waals surface area contributed by atoms with E-state index in [1.165, 1.54) is 18.9 Å². The second kappa shape index (κ2) is 9.52. The molecule has 0 radical (unpaired) electrons. The van der Waals surface area contributed by atoms with Crippen molar-refractivity contribution in [1.82, 2.24) is 20.4 Å². The number of urea groups is 1. The highest BCUT2D eigenvalue weighted by Gasteiger charge is 2.44. The number of esters is 1. The molecular weight excluding hydrogens is 476 g/mol.